The summed E-state index contributed by atoms with van der Waals surface area (Å²) in [6, 6.07) is 0. The quantitative estimate of drug-likeness (QED) is 0.137. The zero-order valence-corrected chi connectivity index (χ0v) is 16.3. The van der Waals surface area contributed by atoms with E-state index in [0.29, 0.717) is 6.79 Å². The molecule has 0 radical (unpaired) electrons. The molecule has 0 bridgehead atoms. The average molecular weight is 339 g/mol. The Morgan fingerprint density at radius 3 is 1.46 bits per heavy atom. The minimum atomic E-state index is 0.475. The fourth-order valence-corrected chi connectivity index (χ4v) is 2.83. The molecule has 0 unspecified atom stereocenters. The molecule has 0 fully saturated rings. The van der Waals surface area contributed by atoms with Gasteiger partial charge in [-0.15, -0.1) is 12.3 Å². The second kappa shape index (κ2) is 22.5. The maximum atomic E-state index is 5.52. The van der Waals surface area contributed by atoms with Gasteiger partial charge in [0.2, 0.25) is 0 Å². The van der Waals surface area contributed by atoms with Crippen molar-refractivity contribution in [1.29, 1.82) is 0 Å². The van der Waals surface area contributed by atoms with Crippen molar-refractivity contribution in [2.75, 3.05) is 20.0 Å². The van der Waals surface area contributed by atoms with Crippen LogP contribution in [-0.2, 0) is 9.47 Å². The zero-order chi connectivity index (χ0) is 17.6. The third-order valence-corrected chi connectivity index (χ3v) is 4.42. The smallest absolute Gasteiger partial charge is 0.146 e. The van der Waals surface area contributed by atoms with Gasteiger partial charge in [-0.25, -0.2) is 0 Å². The Bertz CT molecular complexity index is 257. The fourth-order valence-electron chi connectivity index (χ4n) is 2.83. The molecular formula is C22H42O2. The van der Waals surface area contributed by atoms with Crippen LogP contribution in [0.15, 0.2) is 0 Å². The first-order valence-electron chi connectivity index (χ1n) is 10.5. The predicted octanol–water partition coefficient (Wildman–Crippen LogP) is 6.87. The van der Waals surface area contributed by atoms with E-state index in [9.17, 15) is 0 Å². The van der Waals surface area contributed by atoms with Crippen molar-refractivity contribution in [2.45, 2.75) is 110 Å². The molecular weight excluding hydrogens is 296 g/mol. The van der Waals surface area contributed by atoms with Crippen LogP contribution < -0.4 is 0 Å². The second-order valence-electron chi connectivity index (χ2n) is 6.84. The van der Waals surface area contributed by atoms with Crippen molar-refractivity contribution < 1.29 is 9.47 Å². The molecule has 0 aliphatic heterocycles. The number of ether oxygens (including phenoxy) is 2. The van der Waals surface area contributed by atoms with Crippen molar-refractivity contribution >= 4 is 0 Å². The van der Waals surface area contributed by atoms with Crippen molar-refractivity contribution in [1.82, 2.24) is 0 Å². The highest BCUT2D eigenvalue weighted by atomic mass is 16.7. The van der Waals surface area contributed by atoms with E-state index in [1.165, 1.54) is 89.9 Å². The predicted molar refractivity (Wildman–Crippen MR) is 105 cm³/mol. The van der Waals surface area contributed by atoms with Gasteiger partial charge >= 0.3 is 0 Å². The van der Waals surface area contributed by atoms with Gasteiger partial charge in [-0.1, -0.05) is 84.0 Å². The van der Waals surface area contributed by atoms with E-state index in [4.69, 9.17) is 15.9 Å². The maximum absolute atomic E-state index is 5.52. The topological polar surface area (TPSA) is 18.5 Å². The first kappa shape index (κ1) is 23.5. The van der Waals surface area contributed by atoms with Crippen LogP contribution >= 0.6 is 0 Å². The summed E-state index contributed by atoms with van der Waals surface area (Å²) in [5, 5.41) is 0. The van der Waals surface area contributed by atoms with Gasteiger partial charge in [0.1, 0.15) is 6.79 Å². The van der Waals surface area contributed by atoms with E-state index in [1.807, 2.05) is 0 Å². The summed E-state index contributed by atoms with van der Waals surface area (Å²) in [5.41, 5.74) is 0. The average Bonchev–Trinajstić information content (AvgIpc) is 2.60. The molecule has 2 heteroatoms. The Labute approximate surface area is 152 Å². The van der Waals surface area contributed by atoms with E-state index in [-0.39, 0.29) is 0 Å². The lowest BCUT2D eigenvalue weighted by Crippen LogP contribution is -2.03. The number of unbranched alkanes of at least 4 members (excludes halogenated alkanes) is 14. The maximum Gasteiger partial charge on any atom is 0.146 e. The van der Waals surface area contributed by atoms with Crippen molar-refractivity contribution in [3.63, 3.8) is 0 Å². The lowest BCUT2D eigenvalue weighted by atomic mass is 10.1. The van der Waals surface area contributed by atoms with Gasteiger partial charge < -0.3 is 9.47 Å². The third kappa shape index (κ3) is 21.5. The molecule has 0 rings (SSSR count). The van der Waals surface area contributed by atoms with Crippen molar-refractivity contribution in [2.24, 2.45) is 0 Å². The number of terminal acetylenes is 1. The molecule has 0 saturated heterocycles. The molecule has 24 heavy (non-hydrogen) atoms. The summed E-state index contributed by atoms with van der Waals surface area (Å²) in [5.74, 6) is 2.70. The van der Waals surface area contributed by atoms with Crippen LogP contribution in [-0.4, -0.2) is 20.0 Å². The normalized spacial score (nSPS) is 10.8. The number of hydrogen-bond acceptors (Lipinski definition) is 2. The Hall–Kier alpha value is -0.520. The zero-order valence-electron chi connectivity index (χ0n) is 16.3. The summed E-state index contributed by atoms with van der Waals surface area (Å²) in [7, 11) is 0. The van der Waals surface area contributed by atoms with Crippen LogP contribution in [0.1, 0.15) is 110 Å². The molecule has 0 amide bonds. The molecule has 0 saturated carbocycles. The number of hydrogen-bond donors (Lipinski definition) is 0. The standard InChI is InChI=1S/C22H42O2/c1-3-5-7-9-11-13-15-17-19-21-24-22-23-20-18-16-14-12-10-8-6-4-2/h1H,4-22H2,2H3. The van der Waals surface area contributed by atoms with Crippen LogP contribution in [0.3, 0.4) is 0 Å². The Kier molecular flexibility index (Phi) is 22.0. The Morgan fingerprint density at radius 1 is 0.583 bits per heavy atom. The Morgan fingerprint density at radius 2 is 1.00 bits per heavy atom. The first-order chi connectivity index (χ1) is 11.9. The van der Waals surface area contributed by atoms with E-state index in [1.54, 1.807) is 0 Å². The molecule has 0 aliphatic carbocycles. The molecule has 142 valence electrons. The van der Waals surface area contributed by atoms with E-state index in [2.05, 4.69) is 12.8 Å². The van der Waals surface area contributed by atoms with Gasteiger partial charge in [0.25, 0.3) is 0 Å². The molecule has 0 aromatic heterocycles. The van der Waals surface area contributed by atoms with Crippen LogP contribution in [0.25, 0.3) is 0 Å². The van der Waals surface area contributed by atoms with Gasteiger partial charge in [0, 0.05) is 19.6 Å². The molecule has 0 N–H and O–H groups in total. The molecule has 0 aliphatic rings. The van der Waals surface area contributed by atoms with Crippen LogP contribution in [0.4, 0.5) is 0 Å². The van der Waals surface area contributed by atoms with E-state index < -0.39 is 0 Å². The minimum absolute atomic E-state index is 0.475. The highest BCUT2D eigenvalue weighted by molar-refractivity contribution is 4.82. The third-order valence-electron chi connectivity index (χ3n) is 4.42. The molecule has 0 heterocycles. The second-order valence-corrected chi connectivity index (χ2v) is 6.84. The first-order valence-corrected chi connectivity index (χ1v) is 10.5. The van der Waals surface area contributed by atoms with Gasteiger partial charge in [0.15, 0.2) is 0 Å². The molecule has 0 aromatic carbocycles. The van der Waals surface area contributed by atoms with Crippen LogP contribution in [0.5, 0.6) is 0 Å². The largest absolute Gasteiger partial charge is 0.355 e. The summed E-state index contributed by atoms with van der Waals surface area (Å²) in [4.78, 5) is 0. The molecule has 0 atom stereocenters. The van der Waals surface area contributed by atoms with Gasteiger partial charge in [0.05, 0.1) is 0 Å². The van der Waals surface area contributed by atoms with Crippen LogP contribution in [0, 0.1) is 12.3 Å². The number of rotatable bonds is 20. The SMILES string of the molecule is C#CCCCCCCCCCOCOCCCCCCCCCC. The molecule has 0 aromatic rings. The monoisotopic (exact) mass is 338 g/mol. The highest BCUT2D eigenvalue weighted by Gasteiger charge is 1.94. The summed E-state index contributed by atoms with van der Waals surface area (Å²) >= 11 is 0. The Balaban J connectivity index is 2.94. The summed E-state index contributed by atoms with van der Waals surface area (Å²) in [6.45, 7) is 4.44. The fraction of sp³-hybridized carbons (Fsp3) is 0.909. The van der Waals surface area contributed by atoms with Crippen molar-refractivity contribution in [3.8, 4) is 12.3 Å². The highest BCUT2D eigenvalue weighted by Crippen LogP contribution is 2.09. The lowest BCUT2D eigenvalue weighted by Gasteiger charge is -2.06. The van der Waals surface area contributed by atoms with Crippen LogP contribution in [0.2, 0.25) is 0 Å². The van der Waals surface area contributed by atoms with E-state index in [0.717, 1.165) is 26.1 Å². The lowest BCUT2D eigenvalue weighted by molar-refractivity contribution is -0.0556. The molecule has 2 nitrogen and oxygen atoms in total. The van der Waals surface area contributed by atoms with Gasteiger partial charge in [-0.2, -0.15) is 0 Å². The summed E-state index contributed by atoms with van der Waals surface area (Å²) in [6.07, 6.45) is 25.8. The van der Waals surface area contributed by atoms with Gasteiger partial charge in [-0.05, 0) is 19.3 Å². The van der Waals surface area contributed by atoms with E-state index >= 15 is 0 Å². The summed E-state index contributed by atoms with van der Waals surface area (Å²) < 4.78 is 11.0. The van der Waals surface area contributed by atoms with Crippen molar-refractivity contribution in [3.05, 3.63) is 0 Å². The minimum Gasteiger partial charge on any atom is -0.355 e. The molecule has 0 spiro atoms. The van der Waals surface area contributed by atoms with Gasteiger partial charge in [-0.3, -0.25) is 0 Å².